The molecule has 0 N–H and O–H groups in total. The molecule has 0 atom stereocenters. The van der Waals surface area contributed by atoms with E-state index >= 15 is 0 Å². The van der Waals surface area contributed by atoms with Crippen LogP contribution in [0.5, 0.6) is 0 Å². The molecule has 0 saturated carbocycles. The Labute approximate surface area is 144 Å². The predicted octanol–water partition coefficient (Wildman–Crippen LogP) is 2.46. The summed E-state index contributed by atoms with van der Waals surface area (Å²) in [7, 11) is 3.83. The van der Waals surface area contributed by atoms with Gasteiger partial charge >= 0.3 is 6.09 Å². The Bertz CT molecular complexity index is 570. The molecule has 1 aromatic carbocycles. The maximum atomic E-state index is 12.2. The van der Waals surface area contributed by atoms with Crippen molar-refractivity contribution in [3.8, 4) is 0 Å². The number of amidine groups is 1. The van der Waals surface area contributed by atoms with Gasteiger partial charge in [-0.1, -0.05) is 30.3 Å². The van der Waals surface area contributed by atoms with Crippen molar-refractivity contribution in [2.75, 3.05) is 40.3 Å². The van der Waals surface area contributed by atoms with Crippen LogP contribution in [0.2, 0.25) is 0 Å². The summed E-state index contributed by atoms with van der Waals surface area (Å²) in [6, 6.07) is 10.1. The molecule has 1 aliphatic heterocycles. The van der Waals surface area contributed by atoms with Crippen LogP contribution in [0.4, 0.5) is 4.79 Å². The van der Waals surface area contributed by atoms with Crippen molar-refractivity contribution in [3.63, 3.8) is 0 Å². The lowest BCUT2D eigenvalue weighted by Crippen LogP contribution is -2.52. The second-order valence-electron chi connectivity index (χ2n) is 7.09. The van der Waals surface area contributed by atoms with E-state index in [4.69, 9.17) is 4.74 Å². The first-order valence-electron chi connectivity index (χ1n) is 8.30. The molecule has 0 unspecified atom stereocenters. The highest BCUT2D eigenvalue weighted by Crippen LogP contribution is 2.14. The number of ether oxygens (including phenoxy) is 1. The average molecular weight is 332 g/mol. The molecule has 0 radical (unpaired) electrons. The molecule has 0 aliphatic carbocycles. The molecule has 1 fully saturated rings. The van der Waals surface area contributed by atoms with Gasteiger partial charge in [-0.15, -0.1) is 0 Å². The Morgan fingerprint density at radius 1 is 1.04 bits per heavy atom. The van der Waals surface area contributed by atoms with Gasteiger partial charge in [0.25, 0.3) is 0 Å². The first kappa shape index (κ1) is 18.1. The van der Waals surface area contributed by atoms with E-state index in [1.165, 1.54) is 0 Å². The van der Waals surface area contributed by atoms with Crippen molar-refractivity contribution in [2.24, 2.45) is 5.10 Å². The number of nitrogens with zero attached hydrogens (tertiary/aromatic N) is 4. The maximum absolute atomic E-state index is 12.2. The number of hydrogen-bond donors (Lipinski definition) is 0. The minimum Gasteiger partial charge on any atom is -0.444 e. The zero-order chi connectivity index (χ0) is 17.7. The highest BCUT2D eigenvalue weighted by atomic mass is 16.6. The fourth-order valence-electron chi connectivity index (χ4n) is 2.51. The Morgan fingerprint density at radius 3 is 2.08 bits per heavy atom. The minimum atomic E-state index is -0.463. The molecule has 1 aliphatic rings. The van der Waals surface area contributed by atoms with E-state index in [1.807, 2.05) is 58.1 Å². The molecule has 2 rings (SSSR count). The van der Waals surface area contributed by atoms with Crippen molar-refractivity contribution in [3.05, 3.63) is 35.9 Å². The van der Waals surface area contributed by atoms with Crippen molar-refractivity contribution in [1.29, 1.82) is 0 Å². The summed E-state index contributed by atoms with van der Waals surface area (Å²) in [5, 5.41) is 6.45. The number of hydrogen-bond acceptors (Lipinski definition) is 4. The highest BCUT2D eigenvalue weighted by Gasteiger charge is 2.27. The van der Waals surface area contributed by atoms with Gasteiger partial charge in [-0.2, -0.15) is 5.10 Å². The van der Waals surface area contributed by atoms with Crippen LogP contribution in [0.1, 0.15) is 26.3 Å². The number of carbonyl (C=O) groups excluding carboxylic acids is 1. The number of benzene rings is 1. The largest absolute Gasteiger partial charge is 0.444 e. The summed E-state index contributed by atoms with van der Waals surface area (Å²) < 4.78 is 5.45. The van der Waals surface area contributed by atoms with Gasteiger partial charge in [0.1, 0.15) is 5.60 Å². The van der Waals surface area contributed by atoms with Crippen LogP contribution in [0.3, 0.4) is 0 Å². The van der Waals surface area contributed by atoms with Gasteiger partial charge in [0.15, 0.2) is 5.84 Å². The van der Waals surface area contributed by atoms with Gasteiger partial charge in [0.05, 0.1) is 0 Å². The van der Waals surface area contributed by atoms with Gasteiger partial charge in [-0.05, 0) is 20.8 Å². The zero-order valence-electron chi connectivity index (χ0n) is 15.3. The third kappa shape index (κ3) is 5.15. The van der Waals surface area contributed by atoms with E-state index in [9.17, 15) is 4.79 Å². The van der Waals surface area contributed by atoms with Crippen LogP contribution in [0.15, 0.2) is 35.4 Å². The molecular weight excluding hydrogens is 304 g/mol. The van der Waals surface area contributed by atoms with Crippen molar-refractivity contribution in [2.45, 2.75) is 26.4 Å². The topological polar surface area (TPSA) is 48.4 Å². The standard InChI is InChI=1S/C18H28N4O2/c1-18(2,3)24-17(23)22-13-11-21(12-14-22)16(19-20(4)5)15-9-7-6-8-10-15/h6-10H,11-14H2,1-5H3/b19-16+. The molecular formula is C18H28N4O2. The summed E-state index contributed by atoms with van der Waals surface area (Å²) in [5.74, 6) is 0.935. The van der Waals surface area contributed by atoms with E-state index in [-0.39, 0.29) is 6.09 Å². The second-order valence-corrected chi connectivity index (χ2v) is 7.09. The number of carbonyl (C=O) groups is 1. The summed E-state index contributed by atoms with van der Waals surface area (Å²) in [4.78, 5) is 16.2. The number of hydrazone groups is 1. The quantitative estimate of drug-likeness (QED) is 0.474. The van der Waals surface area contributed by atoms with E-state index in [2.05, 4.69) is 22.1 Å². The van der Waals surface area contributed by atoms with Gasteiger partial charge in [-0.25, -0.2) is 4.79 Å². The number of piperazine rings is 1. The fourth-order valence-corrected chi connectivity index (χ4v) is 2.51. The van der Waals surface area contributed by atoms with E-state index in [0.29, 0.717) is 13.1 Å². The summed E-state index contributed by atoms with van der Waals surface area (Å²) >= 11 is 0. The van der Waals surface area contributed by atoms with Crippen molar-refractivity contribution < 1.29 is 9.53 Å². The molecule has 1 heterocycles. The first-order valence-corrected chi connectivity index (χ1v) is 8.30. The maximum Gasteiger partial charge on any atom is 0.410 e. The van der Waals surface area contributed by atoms with E-state index in [1.54, 1.807) is 4.90 Å². The SMILES string of the molecule is CN(C)/N=C(\c1ccccc1)N1CCN(C(=O)OC(C)(C)C)CC1. The van der Waals surface area contributed by atoms with Crippen LogP contribution in [-0.2, 0) is 4.74 Å². The zero-order valence-corrected chi connectivity index (χ0v) is 15.3. The third-order valence-corrected chi connectivity index (χ3v) is 3.56. The lowest BCUT2D eigenvalue weighted by Gasteiger charge is -2.37. The third-order valence-electron chi connectivity index (χ3n) is 3.56. The van der Waals surface area contributed by atoms with Gasteiger partial charge in [-0.3, -0.25) is 0 Å². The molecule has 0 spiro atoms. The monoisotopic (exact) mass is 332 g/mol. The molecule has 0 bridgehead atoms. The van der Waals surface area contributed by atoms with Crippen LogP contribution >= 0.6 is 0 Å². The Morgan fingerprint density at radius 2 is 1.58 bits per heavy atom. The molecule has 24 heavy (non-hydrogen) atoms. The molecule has 1 saturated heterocycles. The molecule has 6 heteroatoms. The fraction of sp³-hybridized carbons (Fsp3) is 0.556. The average Bonchev–Trinajstić information content (AvgIpc) is 2.52. The minimum absolute atomic E-state index is 0.243. The molecule has 132 valence electrons. The first-order chi connectivity index (χ1) is 11.3. The summed E-state index contributed by atoms with van der Waals surface area (Å²) in [6.45, 7) is 8.40. The van der Waals surface area contributed by atoms with Crippen LogP contribution in [0.25, 0.3) is 0 Å². The van der Waals surface area contributed by atoms with E-state index in [0.717, 1.165) is 24.5 Å². The smallest absolute Gasteiger partial charge is 0.410 e. The number of amides is 1. The predicted molar refractivity (Wildman–Crippen MR) is 96.0 cm³/mol. The summed E-state index contributed by atoms with van der Waals surface area (Å²) in [5.41, 5.74) is 0.618. The van der Waals surface area contributed by atoms with Crippen LogP contribution in [0, 0.1) is 0 Å². The van der Waals surface area contributed by atoms with Gasteiger partial charge < -0.3 is 19.5 Å². The van der Waals surface area contributed by atoms with E-state index < -0.39 is 5.60 Å². The molecule has 1 amide bonds. The lowest BCUT2D eigenvalue weighted by atomic mass is 10.1. The normalized spacial score (nSPS) is 16.1. The Kier molecular flexibility index (Phi) is 5.70. The van der Waals surface area contributed by atoms with Crippen LogP contribution < -0.4 is 0 Å². The lowest BCUT2D eigenvalue weighted by molar-refractivity contribution is 0.0186. The van der Waals surface area contributed by atoms with Crippen molar-refractivity contribution in [1.82, 2.24) is 14.8 Å². The Balaban J connectivity index is 2.05. The van der Waals surface area contributed by atoms with Crippen molar-refractivity contribution >= 4 is 11.9 Å². The number of rotatable bonds is 2. The molecule has 1 aromatic rings. The second kappa shape index (κ2) is 7.55. The molecule has 6 nitrogen and oxygen atoms in total. The molecule has 0 aromatic heterocycles. The highest BCUT2D eigenvalue weighted by molar-refractivity contribution is 5.98. The summed E-state index contributed by atoms with van der Waals surface area (Å²) in [6.07, 6.45) is -0.243. The van der Waals surface area contributed by atoms with Crippen LogP contribution in [-0.4, -0.2) is 72.6 Å². The van der Waals surface area contributed by atoms with Gasteiger partial charge in [0.2, 0.25) is 0 Å². The Hall–Kier alpha value is -2.24. The van der Waals surface area contributed by atoms with Gasteiger partial charge in [0, 0.05) is 45.8 Å².